The van der Waals surface area contributed by atoms with Gasteiger partial charge in [0.05, 0.1) is 20.6 Å². The average molecular weight is 257 g/mol. The van der Waals surface area contributed by atoms with Crippen molar-refractivity contribution in [2.45, 2.75) is 39.5 Å². The Hall–Kier alpha value is -1.03. The molecule has 0 amide bonds. The highest BCUT2D eigenvalue weighted by molar-refractivity contribution is 5.67. The third-order valence-electron chi connectivity index (χ3n) is 2.95. The lowest BCUT2D eigenvalue weighted by Crippen LogP contribution is -2.48. The van der Waals surface area contributed by atoms with Gasteiger partial charge in [-0.2, -0.15) is 0 Å². The van der Waals surface area contributed by atoms with Gasteiger partial charge in [-0.1, -0.05) is 26.7 Å². The number of hydrogen-bond acceptors (Lipinski definition) is 3. The highest BCUT2D eigenvalue weighted by Gasteiger charge is 2.21. The summed E-state index contributed by atoms with van der Waals surface area (Å²) >= 11 is 0. The van der Waals surface area contributed by atoms with Crippen molar-refractivity contribution in [2.24, 2.45) is 5.92 Å². The summed E-state index contributed by atoms with van der Waals surface area (Å²) in [6, 6.07) is 0. The summed E-state index contributed by atoms with van der Waals surface area (Å²) in [5.41, 5.74) is 0. The lowest BCUT2D eigenvalue weighted by Gasteiger charge is -2.32. The number of rotatable bonds is 9. The van der Waals surface area contributed by atoms with Crippen LogP contribution < -0.4 is 5.11 Å². The SMILES string of the molecule is CCCCC/C=C(\O)C[N+](C)(C)CC(C)C(=O)[O-]. The van der Waals surface area contributed by atoms with Crippen LogP contribution in [0.3, 0.4) is 0 Å². The molecule has 0 aliphatic rings. The molecule has 1 N–H and O–H groups in total. The number of carboxylic acid groups (broad SMARTS) is 1. The summed E-state index contributed by atoms with van der Waals surface area (Å²) in [5.74, 6) is -1.19. The molecule has 0 aromatic carbocycles. The van der Waals surface area contributed by atoms with E-state index in [1.165, 1.54) is 12.8 Å². The number of carbonyl (C=O) groups excluding carboxylic acids is 1. The average Bonchev–Trinajstić information content (AvgIpc) is 2.22. The lowest BCUT2D eigenvalue weighted by atomic mass is 10.1. The Morgan fingerprint density at radius 1 is 1.39 bits per heavy atom. The van der Waals surface area contributed by atoms with Crippen molar-refractivity contribution in [3.63, 3.8) is 0 Å². The van der Waals surface area contributed by atoms with E-state index in [-0.39, 0.29) is 0 Å². The topological polar surface area (TPSA) is 60.4 Å². The largest absolute Gasteiger partial charge is 0.550 e. The normalized spacial score (nSPS) is 14.6. The van der Waals surface area contributed by atoms with Gasteiger partial charge in [0.2, 0.25) is 0 Å². The van der Waals surface area contributed by atoms with Crippen LogP contribution >= 0.6 is 0 Å². The number of allylic oxidation sites excluding steroid dienone is 1. The first-order chi connectivity index (χ1) is 8.28. The molecule has 0 saturated heterocycles. The molecule has 0 fully saturated rings. The maximum atomic E-state index is 10.7. The smallest absolute Gasteiger partial charge is 0.143 e. The summed E-state index contributed by atoms with van der Waals surface area (Å²) in [4.78, 5) is 10.7. The molecule has 0 spiro atoms. The summed E-state index contributed by atoms with van der Waals surface area (Å²) in [5, 5.41) is 20.5. The number of aliphatic carboxylic acids is 1. The number of aliphatic hydroxyl groups is 1. The molecule has 1 atom stereocenters. The summed E-state index contributed by atoms with van der Waals surface area (Å²) in [7, 11) is 3.82. The molecule has 4 nitrogen and oxygen atoms in total. The van der Waals surface area contributed by atoms with Crippen molar-refractivity contribution in [3.05, 3.63) is 11.8 Å². The number of unbranched alkanes of at least 4 members (excludes halogenated alkanes) is 3. The first-order valence-electron chi connectivity index (χ1n) is 6.69. The van der Waals surface area contributed by atoms with Crippen molar-refractivity contribution < 1.29 is 19.5 Å². The van der Waals surface area contributed by atoms with E-state index in [1.807, 2.05) is 20.2 Å². The van der Waals surface area contributed by atoms with Crippen LogP contribution in [-0.4, -0.2) is 42.7 Å². The second-order valence-electron chi connectivity index (χ2n) is 5.69. The van der Waals surface area contributed by atoms with E-state index in [0.29, 0.717) is 23.3 Å². The predicted molar refractivity (Wildman–Crippen MR) is 70.9 cm³/mol. The molecule has 18 heavy (non-hydrogen) atoms. The molecule has 0 aliphatic heterocycles. The zero-order valence-corrected chi connectivity index (χ0v) is 12.1. The van der Waals surface area contributed by atoms with Gasteiger partial charge >= 0.3 is 0 Å². The maximum Gasteiger partial charge on any atom is 0.143 e. The van der Waals surface area contributed by atoms with E-state index >= 15 is 0 Å². The van der Waals surface area contributed by atoms with Crippen LogP contribution in [0.1, 0.15) is 39.5 Å². The van der Waals surface area contributed by atoms with Gasteiger partial charge in [-0.05, 0) is 18.9 Å². The number of hydrogen-bond donors (Lipinski definition) is 1. The van der Waals surface area contributed by atoms with E-state index in [4.69, 9.17) is 0 Å². The number of aliphatic hydroxyl groups excluding tert-OH is 1. The lowest BCUT2D eigenvalue weighted by molar-refractivity contribution is -0.889. The zero-order chi connectivity index (χ0) is 14.2. The van der Waals surface area contributed by atoms with Crippen LogP contribution in [0.5, 0.6) is 0 Å². The molecule has 4 heteroatoms. The molecule has 0 aromatic heterocycles. The first-order valence-corrected chi connectivity index (χ1v) is 6.69. The Labute approximate surface area is 111 Å². The fraction of sp³-hybridized carbons (Fsp3) is 0.786. The van der Waals surface area contributed by atoms with Crippen molar-refractivity contribution >= 4 is 5.97 Å². The van der Waals surface area contributed by atoms with Gasteiger partial charge < -0.3 is 19.5 Å². The molecule has 1 unspecified atom stereocenters. The van der Waals surface area contributed by atoms with Gasteiger partial charge in [-0.25, -0.2) is 0 Å². The highest BCUT2D eigenvalue weighted by atomic mass is 16.4. The van der Waals surface area contributed by atoms with E-state index in [9.17, 15) is 15.0 Å². The molecule has 0 radical (unpaired) electrons. The van der Waals surface area contributed by atoms with E-state index in [2.05, 4.69) is 6.92 Å². The van der Waals surface area contributed by atoms with Crippen molar-refractivity contribution in [1.29, 1.82) is 0 Å². The minimum absolute atomic E-state index is 0.349. The van der Waals surface area contributed by atoms with Crippen LogP contribution in [0.15, 0.2) is 11.8 Å². The molecule has 0 heterocycles. The first kappa shape index (κ1) is 17.0. The number of likely N-dealkylation sites (N-methyl/N-ethyl adjacent to an activating group) is 1. The molecular weight excluding hydrogens is 230 g/mol. The Kier molecular flexibility index (Phi) is 7.67. The standard InChI is InChI=1S/C14H27NO3/c1-5-6-7-8-9-13(16)11-15(3,4)10-12(2)14(17)18/h9,12H,5-8,10-11H2,1-4H3,(H-,16,17,18)/b13-9-. The second kappa shape index (κ2) is 8.14. The van der Waals surface area contributed by atoms with Crippen molar-refractivity contribution in [1.82, 2.24) is 0 Å². The van der Waals surface area contributed by atoms with Crippen LogP contribution in [0, 0.1) is 5.92 Å². The number of carbonyl (C=O) groups is 1. The van der Waals surface area contributed by atoms with Crippen LogP contribution in [0.4, 0.5) is 0 Å². The third-order valence-corrected chi connectivity index (χ3v) is 2.95. The molecule has 0 bridgehead atoms. The van der Waals surface area contributed by atoms with Crippen molar-refractivity contribution in [3.8, 4) is 0 Å². The molecule has 0 aliphatic carbocycles. The molecule has 0 rings (SSSR count). The number of quaternary nitrogens is 1. The van der Waals surface area contributed by atoms with E-state index < -0.39 is 11.9 Å². The molecule has 106 valence electrons. The van der Waals surface area contributed by atoms with Gasteiger partial charge in [-0.3, -0.25) is 0 Å². The van der Waals surface area contributed by atoms with E-state index in [0.717, 1.165) is 12.8 Å². The fourth-order valence-electron chi connectivity index (χ4n) is 2.05. The van der Waals surface area contributed by atoms with Crippen LogP contribution in [0.2, 0.25) is 0 Å². The van der Waals surface area contributed by atoms with Gasteiger partial charge in [0.15, 0.2) is 0 Å². The Balaban J connectivity index is 4.17. The predicted octanol–water partition coefficient (Wildman–Crippen LogP) is 1.47. The molecular formula is C14H27NO3. The van der Waals surface area contributed by atoms with Gasteiger partial charge in [0, 0.05) is 11.9 Å². The highest BCUT2D eigenvalue weighted by Crippen LogP contribution is 2.09. The van der Waals surface area contributed by atoms with Gasteiger partial charge in [0.25, 0.3) is 0 Å². The summed E-state index contributed by atoms with van der Waals surface area (Å²) in [6.45, 7) is 4.70. The Bertz CT molecular complexity index is 285. The van der Waals surface area contributed by atoms with E-state index in [1.54, 1.807) is 6.92 Å². The van der Waals surface area contributed by atoms with Crippen LogP contribution in [0.25, 0.3) is 0 Å². The minimum atomic E-state index is -1.03. The van der Waals surface area contributed by atoms with Crippen molar-refractivity contribution in [2.75, 3.05) is 27.2 Å². The van der Waals surface area contributed by atoms with Crippen LogP contribution in [-0.2, 0) is 4.79 Å². The Morgan fingerprint density at radius 3 is 2.50 bits per heavy atom. The van der Waals surface area contributed by atoms with Gasteiger partial charge in [-0.15, -0.1) is 0 Å². The van der Waals surface area contributed by atoms with Gasteiger partial charge in [0.1, 0.15) is 12.3 Å². The third kappa shape index (κ3) is 8.12. The number of nitrogens with zero attached hydrogens (tertiary/aromatic N) is 1. The minimum Gasteiger partial charge on any atom is -0.550 e. The fourth-order valence-corrected chi connectivity index (χ4v) is 2.05. The summed E-state index contributed by atoms with van der Waals surface area (Å²) in [6.07, 6.45) is 6.15. The quantitative estimate of drug-likeness (QED) is 0.386. The number of carboxylic acids is 1. The molecule has 0 saturated carbocycles. The Morgan fingerprint density at radius 2 is 2.00 bits per heavy atom. The summed E-state index contributed by atoms with van der Waals surface area (Å²) < 4.78 is 0.450. The maximum absolute atomic E-state index is 10.7. The monoisotopic (exact) mass is 257 g/mol. The second-order valence-corrected chi connectivity index (χ2v) is 5.69. The molecule has 0 aromatic rings. The zero-order valence-electron chi connectivity index (χ0n) is 12.1.